The number of aromatic nitrogens is 1. The summed E-state index contributed by atoms with van der Waals surface area (Å²) in [4.78, 5) is 26.7. The number of anilines is 1. The second kappa shape index (κ2) is 6.59. The molecule has 1 heterocycles. The monoisotopic (exact) mass is 237 g/mol. The average Bonchev–Trinajstić information content (AvgIpc) is 2.30. The van der Waals surface area contributed by atoms with Crippen molar-refractivity contribution in [2.75, 3.05) is 19.0 Å². The summed E-state index contributed by atoms with van der Waals surface area (Å²) in [5.74, 6) is -1.42. The Morgan fingerprint density at radius 3 is 2.82 bits per heavy atom. The molecule has 1 atom stereocenters. The van der Waals surface area contributed by atoms with Crippen LogP contribution in [0.15, 0.2) is 24.5 Å². The first-order valence-electron chi connectivity index (χ1n) is 5.14. The minimum Gasteiger partial charge on any atom is -0.383 e. The van der Waals surface area contributed by atoms with Crippen molar-refractivity contribution in [3.8, 4) is 0 Å². The standard InChI is InChI=1S/C11H15N3O3/c1-8(7-17-2)13-10(15)11(16)14-9-4-3-5-12-6-9/h3-6,8H,7H2,1-2H3,(H,13,15)(H,14,16)/t8-/m1/s1. The van der Waals surface area contributed by atoms with Gasteiger partial charge in [-0.25, -0.2) is 0 Å². The van der Waals surface area contributed by atoms with Crippen LogP contribution in [0.5, 0.6) is 0 Å². The van der Waals surface area contributed by atoms with Crippen LogP contribution in [0.4, 0.5) is 5.69 Å². The van der Waals surface area contributed by atoms with Crippen molar-refractivity contribution in [1.82, 2.24) is 10.3 Å². The molecule has 0 saturated carbocycles. The summed E-state index contributed by atoms with van der Waals surface area (Å²) in [6.45, 7) is 2.10. The maximum atomic E-state index is 11.5. The van der Waals surface area contributed by atoms with Crippen LogP contribution >= 0.6 is 0 Å². The molecule has 0 saturated heterocycles. The highest BCUT2D eigenvalue weighted by atomic mass is 16.5. The third kappa shape index (κ3) is 4.60. The molecule has 6 nitrogen and oxygen atoms in total. The van der Waals surface area contributed by atoms with Crippen LogP contribution in [0.2, 0.25) is 0 Å². The fourth-order valence-corrected chi connectivity index (χ4v) is 1.21. The first-order valence-corrected chi connectivity index (χ1v) is 5.14. The van der Waals surface area contributed by atoms with E-state index in [1.165, 1.54) is 13.3 Å². The van der Waals surface area contributed by atoms with Crippen LogP contribution in [0.1, 0.15) is 6.92 Å². The zero-order valence-corrected chi connectivity index (χ0v) is 9.77. The van der Waals surface area contributed by atoms with Gasteiger partial charge in [-0.05, 0) is 19.1 Å². The summed E-state index contributed by atoms with van der Waals surface area (Å²) in [6.07, 6.45) is 3.04. The van der Waals surface area contributed by atoms with Gasteiger partial charge >= 0.3 is 11.8 Å². The van der Waals surface area contributed by atoms with E-state index in [0.717, 1.165) is 0 Å². The van der Waals surface area contributed by atoms with Gasteiger partial charge in [-0.1, -0.05) is 0 Å². The molecule has 0 aliphatic heterocycles. The van der Waals surface area contributed by atoms with E-state index in [9.17, 15) is 9.59 Å². The molecule has 1 aromatic heterocycles. The molecule has 1 aromatic rings. The molecule has 92 valence electrons. The highest BCUT2D eigenvalue weighted by molar-refractivity contribution is 6.39. The Morgan fingerprint density at radius 2 is 2.24 bits per heavy atom. The molecular weight excluding hydrogens is 222 g/mol. The Bertz CT molecular complexity index is 381. The predicted octanol–water partition coefficient (Wildman–Crippen LogP) is 0.171. The number of nitrogens with one attached hydrogen (secondary N) is 2. The molecule has 0 fully saturated rings. The van der Waals surface area contributed by atoms with Crippen molar-refractivity contribution in [2.45, 2.75) is 13.0 Å². The molecule has 0 aliphatic rings. The summed E-state index contributed by atoms with van der Waals surface area (Å²) in [7, 11) is 1.53. The van der Waals surface area contributed by atoms with Gasteiger partial charge in [-0.3, -0.25) is 14.6 Å². The maximum Gasteiger partial charge on any atom is 0.313 e. The van der Waals surface area contributed by atoms with Crippen LogP contribution < -0.4 is 10.6 Å². The predicted molar refractivity (Wildman–Crippen MR) is 62.3 cm³/mol. The van der Waals surface area contributed by atoms with Crippen molar-refractivity contribution >= 4 is 17.5 Å². The van der Waals surface area contributed by atoms with E-state index in [2.05, 4.69) is 15.6 Å². The number of ether oxygens (including phenoxy) is 1. The molecule has 2 amide bonds. The Balaban J connectivity index is 2.45. The molecule has 0 spiro atoms. The SMILES string of the molecule is COC[C@@H](C)NC(=O)C(=O)Nc1cccnc1. The lowest BCUT2D eigenvalue weighted by Crippen LogP contribution is -2.42. The molecule has 17 heavy (non-hydrogen) atoms. The summed E-state index contributed by atoms with van der Waals surface area (Å²) >= 11 is 0. The smallest absolute Gasteiger partial charge is 0.313 e. The molecule has 2 N–H and O–H groups in total. The van der Waals surface area contributed by atoms with E-state index in [-0.39, 0.29) is 6.04 Å². The maximum absolute atomic E-state index is 11.5. The Labute approximate surface area is 99.4 Å². The fraction of sp³-hybridized carbons (Fsp3) is 0.364. The van der Waals surface area contributed by atoms with Gasteiger partial charge in [0.15, 0.2) is 0 Å². The van der Waals surface area contributed by atoms with Crippen LogP contribution in [0.25, 0.3) is 0 Å². The number of pyridine rings is 1. The van der Waals surface area contributed by atoms with Gasteiger partial charge in [-0.15, -0.1) is 0 Å². The number of amides is 2. The van der Waals surface area contributed by atoms with Gasteiger partial charge in [0.2, 0.25) is 0 Å². The van der Waals surface area contributed by atoms with E-state index in [1.807, 2.05) is 0 Å². The number of methoxy groups -OCH3 is 1. The number of rotatable bonds is 4. The fourth-order valence-electron chi connectivity index (χ4n) is 1.21. The van der Waals surface area contributed by atoms with Gasteiger partial charge in [0.1, 0.15) is 0 Å². The highest BCUT2D eigenvalue weighted by Gasteiger charge is 2.15. The summed E-state index contributed by atoms with van der Waals surface area (Å²) in [6, 6.07) is 3.10. The van der Waals surface area contributed by atoms with E-state index >= 15 is 0 Å². The van der Waals surface area contributed by atoms with Crippen LogP contribution in [-0.4, -0.2) is 36.6 Å². The molecule has 0 radical (unpaired) electrons. The van der Waals surface area contributed by atoms with Gasteiger partial charge in [0, 0.05) is 19.3 Å². The lowest BCUT2D eigenvalue weighted by Gasteiger charge is -2.12. The number of hydrogen-bond acceptors (Lipinski definition) is 4. The van der Waals surface area contributed by atoms with Gasteiger partial charge in [0.25, 0.3) is 0 Å². The van der Waals surface area contributed by atoms with Crippen molar-refractivity contribution in [2.24, 2.45) is 0 Å². The van der Waals surface area contributed by atoms with E-state index < -0.39 is 11.8 Å². The van der Waals surface area contributed by atoms with Crippen molar-refractivity contribution in [3.05, 3.63) is 24.5 Å². The third-order valence-corrected chi connectivity index (χ3v) is 1.92. The van der Waals surface area contributed by atoms with Crippen molar-refractivity contribution in [1.29, 1.82) is 0 Å². The normalized spacial score (nSPS) is 11.6. The zero-order chi connectivity index (χ0) is 12.7. The molecule has 0 unspecified atom stereocenters. The summed E-state index contributed by atoms with van der Waals surface area (Å²) in [5.41, 5.74) is 0.479. The lowest BCUT2D eigenvalue weighted by molar-refractivity contribution is -0.136. The van der Waals surface area contributed by atoms with Gasteiger partial charge in [0.05, 0.1) is 18.5 Å². The molecule has 0 bridgehead atoms. The van der Waals surface area contributed by atoms with Crippen molar-refractivity contribution < 1.29 is 14.3 Å². The number of carbonyl (C=O) groups excluding carboxylic acids is 2. The third-order valence-electron chi connectivity index (χ3n) is 1.92. The number of hydrogen-bond donors (Lipinski definition) is 2. The molecule has 0 aliphatic carbocycles. The second-order valence-electron chi connectivity index (χ2n) is 3.53. The molecular formula is C11H15N3O3. The molecule has 0 aromatic carbocycles. The highest BCUT2D eigenvalue weighted by Crippen LogP contribution is 2.01. The Morgan fingerprint density at radius 1 is 1.47 bits per heavy atom. The average molecular weight is 237 g/mol. The van der Waals surface area contributed by atoms with Gasteiger partial charge < -0.3 is 15.4 Å². The largest absolute Gasteiger partial charge is 0.383 e. The molecule has 6 heteroatoms. The van der Waals surface area contributed by atoms with E-state index in [1.54, 1.807) is 25.3 Å². The first kappa shape index (κ1) is 13.1. The van der Waals surface area contributed by atoms with Crippen LogP contribution in [0, 0.1) is 0 Å². The van der Waals surface area contributed by atoms with Crippen LogP contribution in [0.3, 0.4) is 0 Å². The summed E-state index contributed by atoms with van der Waals surface area (Å²) in [5, 5.41) is 4.94. The number of carbonyl (C=O) groups is 2. The van der Waals surface area contributed by atoms with Gasteiger partial charge in [-0.2, -0.15) is 0 Å². The van der Waals surface area contributed by atoms with E-state index in [4.69, 9.17) is 4.74 Å². The second-order valence-corrected chi connectivity index (χ2v) is 3.53. The van der Waals surface area contributed by atoms with E-state index in [0.29, 0.717) is 12.3 Å². The number of nitrogens with zero attached hydrogens (tertiary/aromatic N) is 1. The molecule has 1 rings (SSSR count). The first-order chi connectivity index (χ1) is 8.13. The Kier molecular flexibility index (Phi) is 5.09. The van der Waals surface area contributed by atoms with Crippen LogP contribution in [-0.2, 0) is 14.3 Å². The van der Waals surface area contributed by atoms with Crippen molar-refractivity contribution in [3.63, 3.8) is 0 Å². The topological polar surface area (TPSA) is 80.3 Å². The zero-order valence-electron chi connectivity index (χ0n) is 9.77. The minimum absolute atomic E-state index is 0.216. The Hall–Kier alpha value is -1.95. The minimum atomic E-state index is -0.721. The quantitative estimate of drug-likeness (QED) is 0.732. The summed E-state index contributed by atoms with van der Waals surface area (Å²) < 4.78 is 4.85. The lowest BCUT2D eigenvalue weighted by atomic mass is 10.3.